The Bertz CT molecular complexity index is 1300. The predicted molar refractivity (Wildman–Crippen MR) is 182 cm³/mol. The number of ether oxygens (including phenoxy) is 6. The average molecular weight is 723 g/mol. The van der Waals surface area contributed by atoms with Crippen LogP contribution in [0, 0.1) is 46.3 Å². The molecule has 0 aromatic rings. The number of aliphatic hydroxyl groups excluding tert-OH is 6. The van der Waals surface area contributed by atoms with Crippen LogP contribution in [0.4, 0.5) is 0 Å². The first kappa shape index (κ1) is 37.2. The normalized spacial score (nSPS) is 58.4. The lowest BCUT2D eigenvalue weighted by atomic mass is 9.47. The average Bonchev–Trinajstić information content (AvgIpc) is 3.56. The summed E-state index contributed by atoms with van der Waals surface area (Å²) in [6, 6.07) is 0. The van der Waals surface area contributed by atoms with Crippen molar-refractivity contribution in [1.29, 1.82) is 0 Å². The summed E-state index contributed by atoms with van der Waals surface area (Å²) >= 11 is 0. The summed E-state index contributed by atoms with van der Waals surface area (Å²) in [6.45, 7) is 11.5. The molecule has 4 heterocycles. The molecule has 3 saturated carbocycles. The minimum Gasteiger partial charge on any atom is -0.394 e. The van der Waals surface area contributed by atoms with Crippen LogP contribution in [0.5, 0.6) is 0 Å². The molecule has 6 N–H and O–H groups in total. The molecule has 4 unspecified atom stereocenters. The van der Waals surface area contributed by atoms with E-state index in [4.69, 9.17) is 28.4 Å². The Labute approximate surface area is 301 Å². The van der Waals surface area contributed by atoms with E-state index in [0.29, 0.717) is 41.9 Å². The van der Waals surface area contributed by atoms with Crippen molar-refractivity contribution >= 4 is 0 Å². The second-order valence-electron chi connectivity index (χ2n) is 18.3. The van der Waals surface area contributed by atoms with Gasteiger partial charge < -0.3 is 59.1 Å². The van der Waals surface area contributed by atoms with Gasteiger partial charge in [-0.1, -0.05) is 39.3 Å². The van der Waals surface area contributed by atoms with Crippen LogP contribution in [0.2, 0.25) is 0 Å². The van der Waals surface area contributed by atoms with Gasteiger partial charge in [0.1, 0.15) is 42.7 Å². The number of hydrogen-bond donors (Lipinski definition) is 6. The number of rotatable bonds is 5. The van der Waals surface area contributed by atoms with Crippen molar-refractivity contribution < 1.29 is 59.1 Å². The third-order valence-corrected chi connectivity index (χ3v) is 15.6. The highest BCUT2D eigenvalue weighted by atomic mass is 16.8. The van der Waals surface area contributed by atoms with Crippen molar-refractivity contribution in [2.75, 3.05) is 13.2 Å². The molecule has 4 aliphatic heterocycles. The molecule has 8 rings (SSSR count). The third-order valence-electron chi connectivity index (χ3n) is 15.6. The molecule has 7 fully saturated rings. The lowest BCUT2D eigenvalue weighted by Crippen LogP contribution is -2.64. The zero-order valence-electron chi connectivity index (χ0n) is 30.9. The largest absolute Gasteiger partial charge is 0.394 e. The van der Waals surface area contributed by atoms with E-state index in [1.807, 2.05) is 0 Å². The SMILES string of the molecule is C[C@@H]1CC[C@@]2(OC1)OC1CC3C4CC=C5C[C@@H](O[C@@H]6O[C@H](CO)[C@@H](O)[C@H](O)[C@H]6O[C@@H]6O[C@@H](C)[C@H](O)[C@@H](O)[C@H]6O)CC[C@]5(C)C4CC[C@]3(C)[C@H]1[C@@H]2C. The van der Waals surface area contributed by atoms with Crippen LogP contribution in [-0.4, -0.2) is 123 Å². The van der Waals surface area contributed by atoms with Crippen molar-refractivity contribution in [2.24, 2.45) is 46.3 Å². The molecule has 4 aliphatic carbocycles. The second-order valence-corrected chi connectivity index (χ2v) is 18.3. The van der Waals surface area contributed by atoms with E-state index in [-0.39, 0.29) is 23.0 Å². The van der Waals surface area contributed by atoms with E-state index >= 15 is 0 Å². The number of aliphatic hydroxyl groups is 6. The summed E-state index contributed by atoms with van der Waals surface area (Å²) in [5, 5.41) is 62.9. The Morgan fingerprint density at radius 2 is 1.61 bits per heavy atom. The molecule has 21 atom stereocenters. The van der Waals surface area contributed by atoms with Crippen LogP contribution in [-0.2, 0) is 28.4 Å². The quantitative estimate of drug-likeness (QED) is 0.229. The topological polar surface area (TPSA) is 177 Å². The highest BCUT2D eigenvalue weighted by molar-refractivity contribution is 5.26. The summed E-state index contributed by atoms with van der Waals surface area (Å²) in [4.78, 5) is 0. The second kappa shape index (κ2) is 13.5. The predicted octanol–water partition coefficient (Wildman–Crippen LogP) is 2.39. The van der Waals surface area contributed by atoms with Crippen molar-refractivity contribution in [3.05, 3.63) is 11.6 Å². The Hall–Kier alpha value is -0.740. The van der Waals surface area contributed by atoms with Gasteiger partial charge in [-0.05, 0) is 98.7 Å². The zero-order chi connectivity index (χ0) is 36.2. The highest BCUT2D eigenvalue weighted by Gasteiger charge is 2.68. The van der Waals surface area contributed by atoms with Gasteiger partial charge in [-0.2, -0.15) is 0 Å². The molecule has 12 heteroatoms. The Morgan fingerprint density at radius 3 is 2.33 bits per heavy atom. The maximum Gasteiger partial charge on any atom is 0.187 e. The summed E-state index contributed by atoms with van der Waals surface area (Å²) in [5.74, 6) is 2.92. The first-order chi connectivity index (χ1) is 24.2. The van der Waals surface area contributed by atoms with Gasteiger partial charge in [-0.3, -0.25) is 0 Å². The maximum atomic E-state index is 11.1. The van der Waals surface area contributed by atoms with Gasteiger partial charge in [-0.15, -0.1) is 0 Å². The van der Waals surface area contributed by atoms with Crippen LogP contribution in [0.3, 0.4) is 0 Å². The van der Waals surface area contributed by atoms with E-state index < -0.39 is 73.8 Å². The van der Waals surface area contributed by atoms with Crippen LogP contribution in [0.1, 0.15) is 92.4 Å². The van der Waals surface area contributed by atoms with E-state index in [9.17, 15) is 30.6 Å². The Kier molecular flexibility index (Phi) is 9.83. The van der Waals surface area contributed by atoms with E-state index in [1.165, 1.54) is 31.8 Å². The fraction of sp³-hybridized carbons (Fsp3) is 0.949. The fourth-order valence-electron chi connectivity index (χ4n) is 12.5. The van der Waals surface area contributed by atoms with Crippen molar-refractivity contribution in [1.82, 2.24) is 0 Å². The zero-order valence-corrected chi connectivity index (χ0v) is 30.9. The van der Waals surface area contributed by atoms with Gasteiger partial charge in [0.2, 0.25) is 0 Å². The molecular formula is C39H62O12. The van der Waals surface area contributed by atoms with Crippen LogP contribution < -0.4 is 0 Å². The van der Waals surface area contributed by atoms with Crippen LogP contribution in [0.15, 0.2) is 11.6 Å². The van der Waals surface area contributed by atoms with Gasteiger partial charge >= 0.3 is 0 Å². The van der Waals surface area contributed by atoms with E-state index in [1.54, 1.807) is 0 Å². The molecule has 51 heavy (non-hydrogen) atoms. The highest BCUT2D eigenvalue weighted by Crippen LogP contribution is 2.70. The van der Waals surface area contributed by atoms with Crippen molar-refractivity contribution in [2.45, 2.75) is 172 Å². The third kappa shape index (κ3) is 5.84. The fourth-order valence-corrected chi connectivity index (χ4v) is 12.5. The van der Waals surface area contributed by atoms with Gasteiger partial charge in [0, 0.05) is 12.3 Å². The minimum atomic E-state index is -1.61. The minimum absolute atomic E-state index is 0.0535. The molecule has 0 aromatic heterocycles. The lowest BCUT2D eigenvalue weighted by Gasteiger charge is -2.58. The monoisotopic (exact) mass is 722 g/mol. The molecule has 1 spiro atoms. The molecule has 0 radical (unpaired) electrons. The molecule has 0 amide bonds. The summed E-state index contributed by atoms with van der Waals surface area (Å²) < 4.78 is 37.6. The van der Waals surface area contributed by atoms with Gasteiger partial charge in [0.05, 0.1) is 31.5 Å². The first-order valence-electron chi connectivity index (χ1n) is 19.8. The Morgan fingerprint density at radius 1 is 0.824 bits per heavy atom. The van der Waals surface area contributed by atoms with Gasteiger partial charge in [0.15, 0.2) is 18.4 Å². The maximum absolute atomic E-state index is 11.1. The molecular weight excluding hydrogens is 660 g/mol. The number of fused-ring (bicyclic) bond motifs is 7. The molecule has 12 nitrogen and oxygen atoms in total. The van der Waals surface area contributed by atoms with Crippen molar-refractivity contribution in [3.8, 4) is 0 Å². The number of allylic oxidation sites excluding steroid dienone is 1. The molecule has 290 valence electrons. The summed E-state index contributed by atoms with van der Waals surface area (Å²) in [7, 11) is 0. The van der Waals surface area contributed by atoms with Gasteiger partial charge in [0.25, 0.3) is 0 Å². The molecule has 0 aromatic carbocycles. The standard InChI is InChI=1S/C39H62O12/c1-18-8-13-39(46-17-18)19(2)28-26(51-39)15-25-23-7-6-21-14-22(9-11-37(21,4)24(23)10-12-38(25,28)5)48-36-34(32(44)30(42)27(16-40)49-36)50-35-33(45)31(43)29(41)20(3)47-35/h6,18-20,22-36,40-45H,7-17H2,1-5H3/t18-,19+,20+,22+,23?,24?,25?,26?,27-,28+,29+,30-,31-,32+,33-,34-,35+,36-,37+,38+,39-/m1/s1. The first-order valence-corrected chi connectivity index (χ1v) is 19.8. The summed E-state index contributed by atoms with van der Waals surface area (Å²) in [5.41, 5.74) is 1.70. The molecule has 4 saturated heterocycles. The summed E-state index contributed by atoms with van der Waals surface area (Å²) in [6.07, 6.45) is -1.68. The van der Waals surface area contributed by atoms with Crippen LogP contribution in [0.25, 0.3) is 0 Å². The number of hydrogen-bond acceptors (Lipinski definition) is 12. The molecule has 8 aliphatic rings. The van der Waals surface area contributed by atoms with Crippen molar-refractivity contribution in [3.63, 3.8) is 0 Å². The van der Waals surface area contributed by atoms with Crippen LogP contribution >= 0.6 is 0 Å². The van der Waals surface area contributed by atoms with E-state index in [2.05, 4.69) is 33.8 Å². The van der Waals surface area contributed by atoms with E-state index in [0.717, 1.165) is 38.7 Å². The lowest BCUT2D eigenvalue weighted by molar-refractivity contribution is -0.369. The van der Waals surface area contributed by atoms with Gasteiger partial charge in [-0.25, -0.2) is 0 Å². The molecule has 0 bridgehead atoms. The Balaban J connectivity index is 0.964. The smallest absolute Gasteiger partial charge is 0.187 e.